The Morgan fingerprint density at radius 2 is 1.90 bits per heavy atom. The van der Waals surface area contributed by atoms with Crippen molar-refractivity contribution in [2.24, 2.45) is 11.0 Å². The van der Waals surface area contributed by atoms with E-state index in [2.05, 4.69) is 22.4 Å². The molecule has 40 heavy (non-hydrogen) atoms. The van der Waals surface area contributed by atoms with Gasteiger partial charge in [0.05, 0.1) is 25.5 Å². The summed E-state index contributed by atoms with van der Waals surface area (Å²) in [5.74, 6) is 0.954. The molecule has 1 unspecified atom stereocenters. The number of methoxy groups -OCH3 is 1. The zero-order chi connectivity index (χ0) is 28.1. The summed E-state index contributed by atoms with van der Waals surface area (Å²) in [5.41, 5.74) is 3.32. The second kappa shape index (κ2) is 12.5. The summed E-state index contributed by atoms with van der Waals surface area (Å²) in [5, 5.41) is 16.9. The highest BCUT2D eigenvalue weighted by atomic mass is 35.5. The highest BCUT2D eigenvalue weighted by Gasteiger charge is 2.30. The van der Waals surface area contributed by atoms with Crippen molar-refractivity contribution in [2.75, 3.05) is 12.4 Å². The summed E-state index contributed by atoms with van der Waals surface area (Å²) < 4.78 is 11.9. The van der Waals surface area contributed by atoms with Crippen LogP contribution in [-0.4, -0.2) is 45.9 Å². The smallest absolute Gasteiger partial charge is 0.276 e. The fourth-order valence-electron chi connectivity index (χ4n) is 5.10. The maximum atomic E-state index is 13.1. The normalized spacial score (nSPS) is 17.5. The first-order chi connectivity index (χ1) is 19.4. The number of aromatic nitrogens is 2. The van der Waals surface area contributed by atoms with Gasteiger partial charge >= 0.3 is 0 Å². The van der Waals surface area contributed by atoms with Crippen LogP contribution in [0.25, 0.3) is 0 Å². The van der Waals surface area contributed by atoms with Gasteiger partial charge in [-0.25, -0.2) is 5.01 Å². The van der Waals surface area contributed by atoms with Gasteiger partial charge in [-0.3, -0.25) is 9.59 Å². The number of ether oxygens (including phenoxy) is 2. The summed E-state index contributed by atoms with van der Waals surface area (Å²) in [6.07, 6.45) is 5.78. The number of anilines is 1. The Hall–Kier alpha value is -3.98. The minimum Gasteiger partial charge on any atom is -0.493 e. The molecule has 1 saturated carbocycles. The Morgan fingerprint density at radius 3 is 2.62 bits per heavy atom. The topological polar surface area (TPSA) is 106 Å². The summed E-state index contributed by atoms with van der Waals surface area (Å²) >= 11 is 5.76. The van der Waals surface area contributed by atoms with Crippen molar-refractivity contribution in [3.8, 4) is 11.5 Å². The third-order valence-electron chi connectivity index (χ3n) is 7.25. The standard InChI is InChI=1S/C30H32ClN5O4/c1-3-20-17-28(37)36(18-19-7-6-8-22(15-19)32-30(38)24-12-14-27(31)34-33-24)35-29(20)21-11-13-25(39-2)26(16-21)40-23-9-4-5-10-23/h6-8,11-16,20,23H,3-5,9-10,17-18H2,1-2H3,(H,32,38). The summed E-state index contributed by atoms with van der Waals surface area (Å²) in [6, 6.07) is 16.2. The summed E-state index contributed by atoms with van der Waals surface area (Å²) in [4.78, 5) is 25.7. The third-order valence-corrected chi connectivity index (χ3v) is 7.46. The van der Waals surface area contributed by atoms with Gasteiger partial charge in [-0.2, -0.15) is 5.10 Å². The van der Waals surface area contributed by atoms with Crippen molar-refractivity contribution in [2.45, 2.75) is 58.1 Å². The lowest BCUT2D eigenvalue weighted by atomic mass is 9.89. The van der Waals surface area contributed by atoms with Gasteiger partial charge in [0.1, 0.15) is 0 Å². The molecule has 0 bridgehead atoms. The van der Waals surface area contributed by atoms with E-state index in [1.54, 1.807) is 13.2 Å². The van der Waals surface area contributed by atoms with E-state index in [1.165, 1.54) is 30.0 Å². The van der Waals surface area contributed by atoms with E-state index in [9.17, 15) is 9.59 Å². The van der Waals surface area contributed by atoms with Gasteiger partial charge < -0.3 is 14.8 Å². The van der Waals surface area contributed by atoms with Gasteiger partial charge in [0, 0.05) is 23.6 Å². The lowest BCUT2D eigenvalue weighted by molar-refractivity contribution is -0.133. The second-order valence-electron chi connectivity index (χ2n) is 10.0. The number of hydrogen-bond acceptors (Lipinski definition) is 7. The van der Waals surface area contributed by atoms with Crippen LogP contribution in [0.1, 0.15) is 67.1 Å². The molecule has 3 aromatic rings. The molecule has 0 spiro atoms. The minimum absolute atomic E-state index is 0.00239. The molecule has 2 aromatic carbocycles. The Kier molecular flexibility index (Phi) is 8.60. The number of amides is 2. The molecule has 2 heterocycles. The van der Waals surface area contributed by atoms with Crippen LogP contribution in [0.15, 0.2) is 59.7 Å². The number of halogens is 1. The van der Waals surface area contributed by atoms with Crippen molar-refractivity contribution >= 4 is 34.8 Å². The molecule has 9 nitrogen and oxygen atoms in total. The number of benzene rings is 2. The van der Waals surface area contributed by atoms with Gasteiger partial charge in [-0.05, 0) is 80.1 Å². The first-order valence-electron chi connectivity index (χ1n) is 13.6. The van der Waals surface area contributed by atoms with E-state index >= 15 is 0 Å². The van der Waals surface area contributed by atoms with E-state index in [0.29, 0.717) is 23.6 Å². The zero-order valence-corrected chi connectivity index (χ0v) is 23.4. The number of hydrazone groups is 1. The number of rotatable bonds is 9. The van der Waals surface area contributed by atoms with E-state index in [1.807, 2.05) is 36.4 Å². The molecular formula is C30H32ClN5O4. The van der Waals surface area contributed by atoms with Crippen LogP contribution in [0.5, 0.6) is 11.5 Å². The van der Waals surface area contributed by atoms with Crippen molar-refractivity contribution in [1.29, 1.82) is 0 Å². The van der Waals surface area contributed by atoms with Gasteiger partial charge in [0.2, 0.25) is 5.91 Å². The molecular weight excluding hydrogens is 530 g/mol. The van der Waals surface area contributed by atoms with Crippen LogP contribution in [0.2, 0.25) is 5.15 Å². The molecule has 1 aliphatic heterocycles. The maximum absolute atomic E-state index is 13.1. The predicted octanol–water partition coefficient (Wildman–Crippen LogP) is 5.88. The summed E-state index contributed by atoms with van der Waals surface area (Å²) in [7, 11) is 1.64. The lowest BCUT2D eigenvalue weighted by Crippen LogP contribution is -2.36. The molecule has 208 valence electrons. The quantitative estimate of drug-likeness (QED) is 0.350. The molecule has 2 amide bonds. The number of nitrogens with one attached hydrogen (secondary N) is 1. The van der Waals surface area contributed by atoms with Gasteiger partial charge in [0.15, 0.2) is 22.3 Å². The fourth-order valence-corrected chi connectivity index (χ4v) is 5.20. The highest BCUT2D eigenvalue weighted by molar-refractivity contribution is 6.29. The molecule has 5 rings (SSSR count). The molecule has 1 N–H and O–H groups in total. The Labute approximate surface area is 238 Å². The van der Waals surface area contributed by atoms with E-state index in [-0.39, 0.29) is 35.3 Å². The SMILES string of the molecule is CCC1CC(=O)N(Cc2cccc(NC(=O)c3ccc(Cl)nn3)c2)N=C1c1ccc(OC)c(OC2CCCC2)c1. The van der Waals surface area contributed by atoms with Crippen LogP contribution in [0.4, 0.5) is 5.69 Å². The largest absolute Gasteiger partial charge is 0.493 e. The first-order valence-corrected chi connectivity index (χ1v) is 13.9. The average Bonchev–Trinajstić information content (AvgIpc) is 3.47. The number of nitrogens with zero attached hydrogens (tertiary/aromatic N) is 4. The Bertz CT molecular complexity index is 1410. The number of carbonyl (C=O) groups excluding carboxylic acids is 2. The number of hydrogen-bond donors (Lipinski definition) is 1. The van der Waals surface area contributed by atoms with Crippen LogP contribution in [0.3, 0.4) is 0 Å². The van der Waals surface area contributed by atoms with Crippen LogP contribution >= 0.6 is 11.6 Å². The molecule has 10 heteroatoms. The van der Waals surface area contributed by atoms with E-state index in [0.717, 1.165) is 36.1 Å². The molecule has 1 atom stereocenters. The minimum atomic E-state index is -0.406. The molecule has 2 aliphatic rings. The third kappa shape index (κ3) is 6.42. The van der Waals surface area contributed by atoms with Crippen LogP contribution < -0.4 is 14.8 Å². The van der Waals surface area contributed by atoms with Crippen LogP contribution in [0, 0.1) is 5.92 Å². The zero-order valence-electron chi connectivity index (χ0n) is 22.6. The first kappa shape index (κ1) is 27.6. The van der Waals surface area contributed by atoms with Crippen LogP contribution in [-0.2, 0) is 11.3 Å². The van der Waals surface area contributed by atoms with Crippen molar-refractivity contribution in [3.05, 3.63) is 76.6 Å². The highest BCUT2D eigenvalue weighted by Crippen LogP contribution is 2.35. The van der Waals surface area contributed by atoms with Gasteiger partial charge in [-0.1, -0.05) is 30.7 Å². The number of carbonyl (C=O) groups is 2. The van der Waals surface area contributed by atoms with E-state index < -0.39 is 5.91 Å². The Balaban J connectivity index is 1.36. The molecule has 1 aromatic heterocycles. The summed E-state index contributed by atoms with van der Waals surface area (Å²) in [6.45, 7) is 2.34. The van der Waals surface area contributed by atoms with Crippen molar-refractivity contribution in [1.82, 2.24) is 15.2 Å². The Morgan fingerprint density at radius 1 is 1.07 bits per heavy atom. The predicted molar refractivity (Wildman–Crippen MR) is 153 cm³/mol. The fraction of sp³-hybridized carbons (Fsp3) is 0.367. The lowest BCUT2D eigenvalue weighted by Gasteiger charge is -2.29. The molecule has 0 radical (unpaired) electrons. The average molecular weight is 562 g/mol. The van der Waals surface area contributed by atoms with Gasteiger partial charge in [-0.15, -0.1) is 10.2 Å². The monoisotopic (exact) mass is 561 g/mol. The van der Waals surface area contributed by atoms with Gasteiger partial charge in [0.25, 0.3) is 5.91 Å². The second-order valence-corrected chi connectivity index (χ2v) is 10.4. The molecule has 0 saturated heterocycles. The van der Waals surface area contributed by atoms with Crippen molar-refractivity contribution in [3.63, 3.8) is 0 Å². The molecule has 1 aliphatic carbocycles. The van der Waals surface area contributed by atoms with Crippen molar-refractivity contribution < 1.29 is 19.1 Å². The maximum Gasteiger partial charge on any atom is 0.276 e. The van der Waals surface area contributed by atoms with E-state index in [4.69, 9.17) is 26.2 Å². The molecule has 1 fully saturated rings.